The SMILES string of the molecule is O=C(C1CC1)N1CCC2(CC1)OC[C@@H](C(=O)N1CCCC1)N2C(=O)c1ccc(F)cc1. The largest absolute Gasteiger partial charge is 0.353 e. The summed E-state index contributed by atoms with van der Waals surface area (Å²) in [5.41, 5.74) is -0.576. The topological polar surface area (TPSA) is 70.2 Å². The van der Waals surface area contributed by atoms with Crippen molar-refractivity contribution in [2.24, 2.45) is 5.92 Å². The lowest BCUT2D eigenvalue weighted by Crippen LogP contribution is -2.60. The van der Waals surface area contributed by atoms with E-state index in [2.05, 4.69) is 0 Å². The Hall–Kier alpha value is -2.48. The van der Waals surface area contributed by atoms with Gasteiger partial charge in [0.1, 0.15) is 17.6 Å². The number of halogens is 1. The Labute approximate surface area is 181 Å². The van der Waals surface area contributed by atoms with Crippen molar-refractivity contribution >= 4 is 17.7 Å². The third kappa shape index (κ3) is 3.71. The number of ether oxygens (including phenoxy) is 1. The molecule has 0 unspecified atom stereocenters. The van der Waals surface area contributed by atoms with Gasteiger partial charge in [0.05, 0.1) is 6.61 Å². The van der Waals surface area contributed by atoms with Crippen molar-refractivity contribution in [1.82, 2.24) is 14.7 Å². The van der Waals surface area contributed by atoms with Crippen LogP contribution in [0.25, 0.3) is 0 Å². The van der Waals surface area contributed by atoms with Crippen molar-refractivity contribution in [1.29, 1.82) is 0 Å². The van der Waals surface area contributed by atoms with Crippen LogP contribution in [0.5, 0.6) is 0 Å². The Morgan fingerprint density at radius 1 is 0.903 bits per heavy atom. The molecule has 1 atom stereocenters. The van der Waals surface area contributed by atoms with Gasteiger partial charge in [-0.1, -0.05) is 0 Å². The molecular weight excluding hydrogens is 401 g/mol. The van der Waals surface area contributed by atoms with Crippen molar-refractivity contribution in [2.75, 3.05) is 32.8 Å². The number of carbonyl (C=O) groups is 3. The molecule has 1 aromatic rings. The molecule has 4 fully saturated rings. The first kappa shape index (κ1) is 20.4. The second-order valence-electron chi connectivity index (χ2n) is 9.09. The number of hydrogen-bond donors (Lipinski definition) is 0. The van der Waals surface area contributed by atoms with Crippen LogP contribution in [-0.2, 0) is 14.3 Å². The minimum Gasteiger partial charge on any atom is -0.353 e. The molecule has 166 valence electrons. The quantitative estimate of drug-likeness (QED) is 0.737. The zero-order chi connectivity index (χ0) is 21.6. The molecule has 31 heavy (non-hydrogen) atoms. The fourth-order valence-electron chi connectivity index (χ4n) is 5.10. The van der Waals surface area contributed by atoms with E-state index in [1.54, 1.807) is 4.90 Å². The van der Waals surface area contributed by atoms with Gasteiger partial charge in [-0.25, -0.2) is 4.39 Å². The summed E-state index contributed by atoms with van der Waals surface area (Å²) in [5, 5.41) is 0. The molecule has 0 bridgehead atoms. The van der Waals surface area contributed by atoms with Gasteiger partial charge < -0.3 is 14.5 Å². The third-order valence-corrected chi connectivity index (χ3v) is 7.06. The molecule has 8 heteroatoms. The van der Waals surface area contributed by atoms with Gasteiger partial charge in [-0.2, -0.15) is 0 Å². The van der Waals surface area contributed by atoms with Crippen molar-refractivity contribution < 1.29 is 23.5 Å². The fourth-order valence-corrected chi connectivity index (χ4v) is 5.10. The Morgan fingerprint density at radius 3 is 2.13 bits per heavy atom. The highest BCUT2D eigenvalue weighted by atomic mass is 19.1. The van der Waals surface area contributed by atoms with Crippen LogP contribution in [0.3, 0.4) is 0 Å². The van der Waals surface area contributed by atoms with Crippen LogP contribution in [0.15, 0.2) is 24.3 Å². The second-order valence-corrected chi connectivity index (χ2v) is 9.09. The number of nitrogens with zero attached hydrogens (tertiary/aromatic N) is 3. The zero-order valence-electron chi connectivity index (χ0n) is 17.6. The average Bonchev–Trinajstić information content (AvgIpc) is 3.36. The van der Waals surface area contributed by atoms with Crippen LogP contribution in [0.4, 0.5) is 4.39 Å². The highest BCUT2D eigenvalue weighted by Gasteiger charge is 2.55. The molecule has 3 aliphatic heterocycles. The first-order valence-corrected chi connectivity index (χ1v) is 11.3. The van der Waals surface area contributed by atoms with Crippen LogP contribution in [0, 0.1) is 11.7 Å². The number of rotatable bonds is 3. The fraction of sp³-hybridized carbons (Fsp3) is 0.609. The van der Waals surface area contributed by atoms with E-state index in [0.717, 1.165) is 25.7 Å². The average molecular weight is 429 g/mol. The summed E-state index contributed by atoms with van der Waals surface area (Å²) < 4.78 is 19.6. The molecule has 1 spiro atoms. The van der Waals surface area contributed by atoms with Crippen LogP contribution in [0.1, 0.15) is 48.9 Å². The Bertz CT molecular complexity index is 871. The normalized spacial score (nSPS) is 25.3. The Morgan fingerprint density at radius 2 is 1.52 bits per heavy atom. The van der Waals surface area contributed by atoms with Crippen LogP contribution in [-0.4, -0.2) is 77.0 Å². The number of hydrogen-bond acceptors (Lipinski definition) is 4. The van der Waals surface area contributed by atoms with Gasteiger partial charge in [0.25, 0.3) is 5.91 Å². The monoisotopic (exact) mass is 429 g/mol. The minimum atomic E-state index is -0.911. The van der Waals surface area contributed by atoms with E-state index >= 15 is 0 Å². The van der Waals surface area contributed by atoms with Gasteiger partial charge >= 0.3 is 0 Å². The Kier molecular flexibility index (Phi) is 5.20. The summed E-state index contributed by atoms with van der Waals surface area (Å²) in [6, 6.07) is 4.72. The molecule has 1 saturated carbocycles. The van der Waals surface area contributed by atoms with E-state index < -0.39 is 17.6 Å². The van der Waals surface area contributed by atoms with Gasteiger partial charge in [-0.05, 0) is 49.9 Å². The second kappa shape index (κ2) is 7.89. The maximum atomic E-state index is 13.6. The molecule has 1 aromatic carbocycles. The van der Waals surface area contributed by atoms with E-state index in [1.165, 1.54) is 24.3 Å². The highest BCUT2D eigenvalue weighted by molar-refractivity contribution is 5.98. The highest BCUT2D eigenvalue weighted by Crippen LogP contribution is 2.40. The van der Waals surface area contributed by atoms with Crippen molar-refractivity contribution in [2.45, 2.75) is 50.3 Å². The predicted octanol–water partition coefficient (Wildman–Crippen LogP) is 2.02. The van der Waals surface area contributed by atoms with E-state index in [0.29, 0.717) is 44.6 Å². The maximum Gasteiger partial charge on any atom is 0.256 e. The van der Waals surface area contributed by atoms with Crippen LogP contribution < -0.4 is 0 Å². The first-order valence-electron chi connectivity index (χ1n) is 11.3. The van der Waals surface area contributed by atoms with Crippen molar-refractivity contribution in [3.05, 3.63) is 35.6 Å². The van der Waals surface area contributed by atoms with Gasteiger partial charge in [-0.3, -0.25) is 19.3 Å². The van der Waals surface area contributed by atoms with Gasteiger partial charge in [0, 0.05) is 50.5 Å². The number of benzene rings is 1. The smallest absolute Gasteiger partial charge is 0.256 e. The molecule has 7 nitrogen and oxygen atoms in total. The summed E-state index contributed by atoms with van der Waals surface area (Å²) in [5.74, 6) is -0.479. The molecular formula is C23H28FN3O4. The molecule has 3 amide bonds. The van der Waals surface area contributed by atoms with Crippen molar-refractivity contribution in [3.63, 3.8) is 0 Å². The van der Waals surface area contributed by atoms with Gasteiger partial charge in [-0.15, -0.1) is 0 Å². The lowest BCUT2D eigenvalue weighted by atomic mass is 9.96. The molecule has 0 aromatic heterocycles. The number of piperidine rings is 1. The van der Waals surface area contributed by atoms with Gasteiger partial charge in [0.15, 0.2) is 0 Å². The van der Waals surface area contributed by atoms with Crippen molar-refractivity contribution in [3.8, 4) is 0 Å². The predicted molar refractivity (Wildman–Crippen MR) is 109 cm³/mol. The summed E-state index contributed by atoms with van der Waals surface area (Å²) in [7, 11) is 0. The van der Waals surface area contributed by atoms with Gasteiger partial charge in [0.2, 0.25) is 11.8 Å². The summed E-state index contributed by atoms with van der Waals surface area (Å²) >= 11 is 0. The minimum absolute atomic E-state index is 0.0821. The van der Waals surface area contributed by atoms with E-state index in [1.807, 2.05) is 9.80 Å². The summed E-state index contributed by atoms with van der Waals surface area (Å²) in [6.45, 7) is 2.56. The Balaban J connectivity index is 1.41. The molecule has 4 aliphatic rings. The third-order valence-electron chi connectivity index (χ3n) is 7.06. The molecule has 0 N–H and O–H groups in total. The lowest BCUT2D eigenvalue weighted by molar-refractivity contribution is -0.146. The number of amides is 3. The zero-order valence-corrected chi connectivity index (χ0v) is 17.6. The summed E-state index contributed by atoms with van der Waals surface area (Å²) in [4.78, 5) is 44.6. The standard InChI is InChI=1S/C23H28FN3O4/c24-18-7-5-17(6-8-18)21(29)27-19(22(30)25-11-1-2-12-25)15-31-23(27)9-13-26(14-10-23)20(28)16-3-4-16/h5-8,16,19H,1-4,9-15H2/t19-/m0/s1. The molecule has 3 heterocycles. The van der Waals surface area contributed by atoms with E-state index in [9.17, 15) is 18.8 Å². The molecule has 5 rings (SSSR count). The first-order chi connectivity index (χ1) is 15.0. The van der Waals surface area contributed by atoms with E-state index in [-0.39, 0.29) is 30.2 Å². The molecule has 0 radical (unpaired) electrons. The van der Waals surface area contributed by atoms with E-state index in [4.69, 9.17) is 4.74 Å². The van der Waals surface area contributed by atoms with Crippen LogP contribution >= 0.6 is 0 Å². The molecule has 3 saturated heterocycles. The number of carbonyl (C=O) groups excluding carboxylic acids is 3. The van der Waals surface area contributed by atoms with Crippen LogP contribution in [0.2, 0.25) is 0 Å². The molecule has 1 aliphatic carbocycles. The summed E-state index contributed by atoms with van der Waals surface area (Å²) in [6.07, 6.45) is 4.80. The maximum absolute atomic E-state index is 13.6. The lowest BCUT2D eigenvalue weighted by Gasteiger charge is -2.45. The number of likely N-dealkylation sites (tertiary alicyclic amines) is 2.